The van der Waals surface area contributed by atoms with Crippen LogP contribution in [0.1, 0.15) is 5.56 Å². The van der Waals surface area contributed by atoms with Crippen molar-refractivity contribution < 1.29 is 27.8 Å². The van der Waals surface area contributed by atoms with E-state index in [1.54, 1.807) is 12.1 Å². The zero-order valence-electron chi connectivity index (χ0n) is 11.7. The summed E-state index contributed by atoms with van der Waals surface area (Å²) in [5.74, 6) is -1.64. The lowest BCUT2D eigenvalue weighted by Gasteiger charge is -2.27. The first kappa shape index (κ1) is 15.1. The Kier molecular flexibility index (Phi) is 3.60. The summed E-state index contributed by atoms with van der Waals surface area (Å²) in [6, 6.07) is 13.9. The molecule has 1 atom stereocenters. The SMILES string of the molecule is O=C(O)C1=Cc2cc(-c3ccccc3)ccc2O[C@@H]1C(F)(F)F. The van der Waals surface area contributed by atoms with Gasteiger partial charge in [-0.1, -0.05) is 36.4 Å². The highest BCUT2D eigenvalue weighted by atomic mass is 19.4. The summed E-state index contributed by atoms with van der Waals surface area (Å²) in [5.41, 5.74) is 1.12. The zero-order valence-corrected chi connectivity index (χ0v) is 11.7. The standard InChI is InChI=1S/C17H11F3O3/c18-17(19,20)15-13(16(21)22)9-12-8-11(6-7-14(12)23-15)10-4-2-1-3-5-10/h1-9,15H,(H,21,22)/t15-/m0/s1. The first-order chi connectivity index (χ1) is 10.9. The molecule has 2 aromatic carbocycles. The lowest BCUT2D eigenvalue weighted by molar-refractivity contribution is -0.187. The Morgan fingerprint density at radius 2 is 1.74 bits per heavy atom. The van der Waals surface area contributed by atoms with Gasteiger partial charge in [-0.15, -0.1) is 0 Å². The second-order valence-corrected chi connectivity index (χ2v) is 5.06. The molecule has 2 aromatic rings. The van der Waals surface area contributed by atoms with Crippen LogP contribution in [0, 0.1) is 0 Å². The molecule has 0 bridgehead atoms. The molecule has 118 valence electrons. The molecule has 1 N–H and O–H groups in total. The van der Waals surface area contributed by atoms with Crippen LogP contribution in [0.5, 0.6) is 5.75 Å². The van der Waals surface area contributed by atoms with E-state index in [0.29, 0.717) is 5.56 Å². The number of carbonyl (C=O) groups is 1. The average molecular weight is 320 g/mol. The number of rotatable bonds is 2. The number of carboxylic acids is 1. The van der Waals surface area contributed by atoms with Crippen molar-refractivity contribution in [3.05, 3.63) is 59.7 Å². The molecule has 6 heteroatoms. The van der Waals surface area contributed by atoms with Crippen LogP contribution in [0.3, 0.4) is 0 Å². The van der Waals surface area contributed by atoms with Crippen molar-refractivity contribution in [3.63, 3.8) is 0 Å². The molecule has 0 saturated carbocycles. The third-order valence-corrected chi connectivity index (χ3v) is 3.50. The van der Waals surface area contributed by atoms with Crippen LogP contribution in [-0.2, 0) is 4.79 Å². The normalized spacial score (nSPS) is 17.0. The van der Waals surface area contributed by atoms with Crippen LogP contribution < -0.4 is 4.74 Å². The van der Waals surface area contributed by atoms with Gasteiger partial charge in [-0.3, -0.25) is 0 Å². The molecule has 1 aliphatic rings. The Labute approximate surface area is 129 Å². The highest BCUT2D eigenvalue weighted by molar-refractivity contribution is 5.95. The van der Waals surface area contributed by atoms with Gasteiger partial charge in [-0.05, 0) is 29.3 Å². The van der Waals surface area contributed by atoms with Gasteiger partial charge in [0, 0.05) is 5.56 Å². The molecule has 0 aliphatic carbocycles. The van der Waals surface area contributed by atoms with Crippen molar-refractivity contribution in [2.24, 2.45) is 0 Å². The summed E-state index contributed by atoms with van der Waals surface area (Å²) in [6.07, 6.45) is -6.23. The maximum atomic E-state index is 13.0. The van der Waals surface area contributed by atoms with E-state index in [2.05, 4.69) is 0 Å². The predicted molar refractivity (Wildman–Crippen MR) is 78.0 cm³/mol. The first-order valence-electron chi connectivity index (χ1n) is 6.74. The minimum absolute atomic E-state index is 0.0111. The van der Waals surface area contributed by atoms with Crippen LogP contribution in [0.15, 0.2) is 54.1 Å². The third-order valence-electron chi connectivity index (χ3n) is 3.50. The van der Waals surface area contributed by atoms with Crippen LogP contribution in [0.25, 0.3) is 17.2 Å². The topological polar surface area (TPSA) is 46.5 Å². The highest BCUT2D eigenvalue weighted by Gasteiger charge is 2.48. The highest BCUT2D eigenvalue weighted by Crippen LogP contribution is 2.38. The van der Waals surface area contributed by atoms with Crippen molar-refractivity contribution >= 4 is 12.0 Å². The molecular formula is C17H11F3O3. The van der Waals surface area contributed by atoms with Gasteiger partial charge in [0.05, 0.1) is 5.57 Å². The molecule has 0 aromatic heterocycles. The van der Waals surface area contributed by atoms with E-state index in [4.69, 9.17) is 9.84 Å². The molecule has 3 nitrogen and oxygen atoms in total. The lowest BCUT2D eigenvalue weighted by atomic mass is 9.97. The zero-order chi connectivity index (χ0) is 16.6. The van der Waals surface area contributed by atoms with Crippen molar-refractivity contribution in [2.75, 3.05) is 0 Å². The quantitative estimate of drug-likeness (QED) is 0.904. The van der Waals surface area contributed by atoms with Crippen molar-refractivity contribution in [1.82, 2.24) is 0 Å². The monoisotopic (exact) mass is 320 g/mol. The molecule has 0 amide bonds. The van der Waals surface area contributed by atoms with Gasteiger partial charge in [-0.2, -0.15) is 13.2 Å². The fraction of sp³-hybridized carbons (Fsp3) is 0.118. The van der Waals surface area contributed by atoms with Gasteiger partial charge in [0.1, 0.15) is 5.75 Å². The van der Waals surface area contributed by atoms with E-state index < -0.39 is 23.8 Å². The van der Waals surface area contributed by atoms with Crippen molar-refractivity contribution in [1.29, 1.82) is 0 Å². The van der Waals surface area contributed by atoms with E-state index in [1.165, 1.54) is 6.07 Å². The van der Waals surface area contributed by atoms with E-state index in [9.17, 15) is 18.0 Å². The Balaban J connectivity index is 2.07. The van der Waals surface area contributed by atoms with Crippen LogP contribution in [-0.4, -0.2) is 23.4 Å². The van der Waals surface area contributed by atoms with Crippen LogP contribution in [0.2, 0.25) is 0 Å². The van der Waals surface area contributed by atoms with E-state index in [1.807, 2.05) is 30.3 Å². The van der Waals surface area contributed by atoms with E-state index >= 15 is 0 Å². The molecule has 0 saturated heterocycles. The lowest BCUT2D eigenvalue weighted by Crippen LogP contribution is -2.40. The summed E-state index contributed by atoms with van der Waals surface area (Å²) >= 11 is 0. The Hall–Kier alpha value is -2.76. The van der Waals surface area contributed by atoms with Gasteiger partial charge < -0.3 is 9.84 Å². The number of fused-ring (bicyclic) bond motifs is 1. The molecule has 0 spiro atoms. The second-order valence-electron chi connectivity index (χ2n) is 5.06. The first-order valence-corrected chi connectivity index (χ1v) is 6.74. The van der Waals surface area contributed by atoms with E-state index in [-0.39, 0.29) is 5.75 Å². The van der Waals surface area contributed by atoms with Gasteiger partial charge >= 0.3 is 12.1 Å². The number of hydrogen-bond donors (Lipinski definition) is 1. The third kappa shape index (κ3) is 2.92. The van der Waals surface area contributed by atoms with E-state index in [0.717, 1.165) is 17.2 Å². The molecule has 0 radical (unpaired) electrons. The summed E-state index contributed by atoms with van der Waals surface area (Å²) in [6.45, 7) is 0. The minimum Gasteiger partial charge on any atom is -0.478 e. The molecule has 3 rings (SSSR count). The summed E-state index contributed by atoms with van der Waals surface area (Å²) in [4.78, 5) is 11.1. The summed E-state index contributed by atoms with van der Waals surface area (Å²) < 4.78 is 43.8. The van der Waals surface area contributed by atoms with Crippen LogP contribution in [0.4, 0.5) is 13.2 Å². The van der Waals surface area contributed by atoms with Gasteiger partial charge in [0.15, 0.2) is 0 Å². The van der Waals surface area contributed by atoms with Gasteiger partial charge in [0.2, 0.25) is 6.10 Å². The Bertz CT molecular complexity index is 779. The Morgan fingerprint density at radius 3 is 2.35 bits per heavy atom. The number of carboxylic acid groups (broad SMARTS) is 1. The van der Waals surface area contributed by atoms with Gasteiger partial charge in [0.25, 0.3) is 0 Å². The molecule has 0 unspecified atom stereocenters. The molecule has 23 heavy (non-hydrogen) atoms. The molecule has 1 aliphatic heterocycles. The smallest absolute Gasteiger partial charge is 0.430 e. The molecule has 0 fully saturated rings. The number of benzene rings is 2. The van der Waals surface area contributed by atoms with Crippen molar-refractivity contribution in [3.8, 4) is 16.9 Å². The molecular weight excluding hydrogens is 309 g/mol. The fourth-order valence-electron chi connectivity index (χ4n) is 2.43. The second kappa shape index (κ2) is 5.46. The predicted octanol–water partition coefficient (Wildman–Crippen LogP) is 4.14. The number of halogens is 3. The summed E-state index contributed by atoms with van der Waals surface area (Å²) in [5, 5.41) is 9.04. The average Bonchev–Trinajstić information content (AvgIpc) is 2.53. The van der Waals surface area contributed by atoms with Crippen molar-refractivity contribution in [2.45, 2.75) is 12.3 Å². The maximum absolute atomic E-state index is 13.0. The maximum Gasteiger partial charge on any atom is 0.430 e. The number of ether oxygens (including phenoxy) is 1. The van der Waals surface area contributed by atoms with Crippen LogP contribution >= 0.6 is 0 Å². The number of hydrogen-bond acceptors (Lipinski definition) is 2. The molecule has 1 heterocycles. The number of alkyl halides is 3. The number of aliphatic carboxylic acids is 1. The fourth-order valence-corrected chi connectivity index (χ4v) is 2.43. The summed E-state index contributed by atoms with van der Waals surface area (Å²) in [7, 11) is 0. The minimum atomic E-state index is -4.79. The Morgan fingerprint density at radius 1 is 1.04 bits per heavy atom. The van der Waals surface area contributed by atoms with Gasteiger partial charge in [-0.25, -0.2) is 4.79 Å². The largest absolute Gasteiger partial charge is 0.478 e.